The van der Waals surface area contributed by atoms with Crippen molar-refractivity contribution in [2.75, 3.05) is 7.11 Å². The standard InChI is InChI=1S/C24H29NO/c1-23(2,3)18-14-19(24(4,5)6)22(21(15-18)26-7)17-10-11-20-16(13-17)9-8-12-25-20/h8-15H,1-7H3. The Kier molecular flexibility index (Phi) is 4.56. The van der Waals surface area contributed by atoms with Crippen molar-refractivity contribution in [2.45, 2.75) is 52.4 Å². The van der Waals surface area contributed by atoms with Gasteiger partial charge in [-0.3, -0.25) is 4.98 Å². The fourth-order valence-electron chi connectivity index (χ4n) is 3.33. The van der Waals surface area contributed by atoms with Gasteiger partial charge in [0.25, 0.3) is 0 Å². The maximum absolute atomic E-state index is 5.87. The SMILES string of the molecule is COc1cc(C(C)(C)C)cc(C(C)(C)C)c1-c1ccc2ncccc2c1. The van der Waals surface area contributed by atoms with Gasteiger partial charge in [-0.25, -0.2) is 0 Å². The van der Waals surface area contributed by atoms with Crippen LogP contribution in [0.25, 0.3) is 22.0 Å². The first-order valence-electron chi connectivity index (χ1n) is 9.19. The van der Waals surface area contributed by atoms with Crippen molar-refractivity contribution in [2.24, 2.45) is 0 Å². The third-order valence-corrected chi connectivity index (χ3v) is 4.89. The van der Waals surface area contributed by atoms with Crippen LogP contribution < -0.4 is 4.74 Å². The quantitative estimate of drug-likeness (QED) is 0.527. The molecule has 0 atom stereocenters. The molecule has 2 nitrogen and oxygen atoms in total. The van der Waals surface area contributed by atoms with Crippen LogP contribution in [0, 0.1) is 0 Å². The van der Waals surface area contributed by atoms with Gasteiger partial charge in [-0.15, -0.1) is 0 Å². The van der Waals surface area contributed by atoms with Gasteiger partial charge in [-0.1, -0.05) is 59.7 Å². The van der Waals surface area contributed by atoms with Gasteiger partial charge >= 0.3 is 0 Å². The van der Waals surface area contributed by atoms with Crippen molar-refractivity contribution in [3.05, 3.63) is 59.8 Å². The van der Waals surface area contributed by atoms with Gasteiger partial charge in [0.15, 0.2) is 0 Å². The first-order chi connectivity index (χ1) is 12.1. The van der Waals surface area contributed by atoms with E-state index in [0.717, 1.165) is 16.7 Å². The van der Waals surface area contributed by atoms with Gasteiger partial charge in [-0.05, 0) is 51.8 Å². The molecule has 0 saturated carbocycles. The molecule has 3 rings (SSSR count). The highest BCUT2D eigenvalue weighted by molar-refractivity contribution is 5.87. The largest absolute Gasteiger partial charge is 0.496 e. The zero-order chi connectivity index (χ0) is 19.1. The number of nitrogens with zero attached hydrogens (tertiary/aromatic N) is 1. The molecule has 136 valence electrons. The summed E-state index contributed by atoms with van der Waals surface area (Å²) in [6.07, 6.45) is 1.83. The summed E-state index contributed by atoms with van der Waals surface area (Å²) in [6, 6.07) is 15.1. The van der Waals surface area contributed by atoms with E-state index in [4.69, 9.17) is 4.74 Å². The number of hydrogen-bond acceptors (Lipinski definition) is 2. The maximum atomic E-state index is 5.87. The second-order valence-electron chi connectivity index (χ2n) is 9.01. The Morgan fingerprint density at radius 1 is 0.846 bits per heavy atom. The van der Waals surface area contributed by atoms with Crippen LogP contribution in [0.2, 0.25) is 0 Å². The van der Waals surface area contributed by atoms with Gasteiger partial charge in [0, 0.05) is 17.1 Å². The molecule has 0 fully saturated rings. The van der Waals surface area contributed by atoms with E-state index in [1.54, 1.807) is 7.11 Å². The van der Waals surface area contributed by atoms with Crippen LogP contribution in [0.5, 0.6) is 5.75 Å². The molecule has 2 heteroatoms. The molecule has 0 spiro atoms. The molecule has 0 aliphatic rings. The number of methoxy groups -OCH3 is 1. The Morgan fingerprint density at radius 3 is 2.19 bits per heavy atom. The lowest BCUT2D eigenvalue weighted by Gasteiger charge is -2.29. The summed E-state index contributed by atoms with van der Waals surface area (Å²) in [5.41, 5.74) is 6.05. The molecule has 2 aromatic carbocycles. The van der Waals surface area contributed by atoms with Gasteiger partial charge < -0.3 is 4.74 Å². The minimum Gasteiger partial charge on any atom is -0.496 e. The monoisotopic (exact) mass is 347 g/mol. The van der Waals surface area contributed by atoms with Crippen LogP contribution in [-0.2, 0) is 10.8 Å². The molecule has 0 amide bonds. The Hall–Kier alpha value is -2.35. The predicted molar refractivity (Wildman–Crippen MR) is 111 cm³/mol. The first-order valence-corrected chi connectivity index (χ1v) is 9.19. The van der Waals surface area contributed by atoms with E-state index in [1.165, 1.54) is 22.3 Å². The summed E-state index contributed by atoms with van der Waals surface area (Å²) < 4.78 is 5.87. The Morgan fingerprint density at radius 2 is 1.58 bits per heavy atom. The third kappa shape index (κ3) is 3.46. The normalized spacial score (nSPS) is 12.4. The molecule has 0 radical (unpaired) electrons. The molecule has 0 N–H and O–H groups in total. The molecule has 0 saturated heterocycles. The molecule has 26 heavy (non-hydrogen) atoms. The van der Waals surface area contributed by atoms with E-state index in [1.807, 2.05) is 12.3 Å². The number of fused-ring (bicyclic) bond motifs is 1. The molecule has 1 heterocycles. The van der Waals surface area contributed by atoms with E-state index in [-0.39, 0.29) is 10.8 Å². The van der Waals surface area contributed by atoms with Gasteiger partial charge in [-0.2, -0.15) is 0 Å². The summed E-state index contributed by atoms with van der Waals surface area (Å²) in [7, 11) is 1.76. The van der Waals surface area contributed by atoms with Crippen molar-refractivity contribution in [3.8, 4) is 16.9 Å². The summed E-state index contributed by atoms with van der Waals surface area (Å²) in [5, 5.41) is 1.15. The van der Waals surface area contributed by atoms with E-state index in [2.05, 4.69) is 82.9 Å². The maximum Gasteiger partial charge on any atom is 0.127 e. The second-order valence-corrected chi connectivity index (χ2v) is 9.01. The number of pyridine rings is 1. The highest BCUT2D eigenvalue weighted by atomic mass is 16.5. The van der Waals surface area contributed by atoms with Crippen molar-refractivity contribution in [3.63, 3.8) is 0 Å². The van der Waals surface area contributed by atoms with E-state index < -0.39 is 0 Å². The molecular weight excluding hydrogens is 318 g/mol. The highest BCUT2D eigenvalue weighted by Gasteiger charge is 2.26. The molecule has 0 bridgehead atoms. The smallest absolute Gasteiger partial charge is 0.127 e. The Labute approximate surface area is 157 Å². The van der Waals surface area contributed by atoms with E-state index in [0.29, 0.717) is 0 Å². The topological polar surface area (TPSA) is 22.1 Å². The zero-order valence-corrected chi connectivity index (χ0v) is 17.0. The van der Waals surface area contributed by atoms with Crippen LogP contribution in [0.4, 0.5) is 0 Å². The second kappa shape index (κ2) is 6.42. The lowest BCUT2D eigenvalue weighted by atomic mass is 9.76. The zero-order valence-electron chi connectivity index (χ0n) is 17.0. The van der Waals surface area contributed by atoms with Crippen LogP contribution >= 0.6 is 0 Å². The van der Waals surface area contributed by atoms with E-state index >= 15 is 0 Å². The van der Waals surface area contributed by atoms with Gasteiger partial charge in [0.05, 0.1) is 12.6 Å². The summed E-state index contributed by atoms with van der Waals surface area (Å²) in [6.45, 7) is 13.5. The van der Waals surface area contributed by atoms with Crippen molar-refractivity contribution in [1.29, 1.82) is 0 Å². The van der Waals surface area contributed by atoms with Crippen LogP contribution in [0.3, 0.4) is 0 Å². The fourth-order valence-corrected chi connectivity index (χ4v) is 3.33. The molecule has 0 aliphatic heterocycles. The highest BCUT2D eigenvalue weighted by Crippen LogP contribution is 2.43. The van der Waals surface area contributed by atoms with Crippen LogP contribution in [0.15, 0.2) is 48.7 Å². The number of hydrogen-bond donors (Lipinski definition) is 0. The van der Waals surface area contributed by atoms with Crippen molar-refractivity contribution < 1.29 is 4.74 Å². The van der Waals surface area contributed by atoms with Crippen LogP contribution in [0.1, 0.15) is 52.7 Å². The van der Waals surface area contributed by atoms with Gasteiger partial charge in [0.1, 0.15) is 5.75 Å². The predicted octanol–water partition coefficient (Wildman–Crippen LogP) is 6.51. The molecular formula is C24H29NO. The molecule has 0 aliphatic carbocycles. The van der Waals surface area contributed by atoms with Crippen molar-refractivity contribution >= 4 is 10.9 Å². The average molecular weight is 348 g/mol. The number of ether oxygens (including phenoxy) is 1. The lowest BCUT2D eigenvalue weighted by molar-refractivity contribution is 0.412. The van der Waals surface area contributed by atoms with E-state index in [9.17, 15) is 0 Å². The summed E-state index contributed by atoms with van der Waals surface area (Å²) in [5.74, 6) is 0.936. The summed E-state index contributed by atoms with van der Waals surface area (Å²) >= 11 is 0. The minimum atomic E-state index is 0.00771. The average Bonchev–Trinajstić information content (AvgIpc) is 2.58. The van der Waals surface area contributed by atoms with Gasteiger partial charge in [0.2, 0.25) is 0 Å². The van der Waals surface area contributed by atoms with Crippen molar-refractivity contribution in [1.82, 2.24) is 4.98 Å². The minimum absolute atomic E-state index is 0.00771. The number of aromatic nitrogens is 1. The Balaban J connectivity index is 2.33. The number of benzene rings is 2. The third-order valence-electron chi connectivity index (χ3n) is 4.89. The molecule has 1 aromatic heterocycles. The molecule has 3 aromatic rings. The fraction of sp³-hybridized carbons (Fsp3) is 0.375. The number of rotatable bonds is 2. The van der Waals surface area contributed by atoms with Crippen LogP contribution in [-0.4, -0.2) is 12.1 Å². The molecule has 0 unspecified atom stereocenters. The lowest BCUT2D eigenvalue weighted by Crippen LogP contribution is -2.18. The first kappa shape index (κ1) is 18.4. The Bertz CT molecular complexity index is 943. The summed E-state index contributed by atoms with van der Waals surface area (Å²) in [4.78, 5) is 4.44.